The van der Waals surface area contributed by atoms with E-state index in [0.29, 0.717) is 0 Å². The zero-order valence-corrected chi connectivity index (χ0v) is 10.1. The maximum absolute atomic E-state index is 12.0. The van der Waals surface area contributed by atoms with Crippen LogP contribution in [0.5, 0.6) is 0 Å². The smallest absolute Gasteiger partial charge is 0.313 e. The van der Waals surface area contributed by atoms with Crippen LogP contribution in [0.4, 0.5) is 0 Å². The Morgan fingerprint density at radius 1 is 1.35 bits per heavy atom. The maximum atomic E-state index is 12.0. The number of carbonyl (C=O) groups is 1. The van der Waals surface area contributed by atoms with Gasteiger partial charge in [-0.25, -0.2) is 0 Å². The van der Waals surface area contributed by atoms with E-state index in [-0.39, 0.29) is 17.8 Å². The fourth-order valence-electron chi connectivity index (χ4n) is 2.46. The highest BCUT2D eigenvalue weighted by atomic mass is 16.5. The highest BCUT2D eigenvalue weighted by Crippen LogP contribution is 2.33. The van der Waals surface area contributed by atoms with Crippen molar-refractivity contribution in [1.29, 1.82) is 0 Å². The van der Waals surface area contributed by atoms with Crippen LogP contribution in [0.2, 0.25) is 0 Å². The van der Waals surface area contributed by atoms with Crippen LogP contribution in [0.15, 0.2) is 42.5 Å². The van der Waals surface area contributed by atoms with E-state index in [4.69, 9.17) is 4.74 Å². The molecule has 90 valence electrons. The molecule has 1 aromatic rings. The lowest BCUT2D eigenvalue weighted by Gasteiger charge is -2.25. The first kappa shape index (κ1) is 11.9. The van der Waals surface area contributed by atoms with Crippen LogP contribution in [0.1, 0.15) is 30.7 Å². The van der Waals surface area contributed by atoms with Crippen LogP contribution in [0.3, 0.4) is 0 Å². The van der Waals surface area contributed by atoms with Crippen LogP contribution in [0.25, 0.3) is 0 Å². The largest absolute Gasteiger partial charge is 0.469 e. The van der Waals surface area contributed by atoms with E-state index in [9.17, 15) is 4.79 Å². The predicted molar refractivity (Wildman–Crippen MR) is 67.7 cm³/mol. The predicted octanol–water partition coefficient (Wildman–Crippen LogP) is 3.30. The molecular formula is C15H18O2. The summed E-state index contributed by atoms with van der Waals surface area (Å²) in [7, 11) is 1.46. The van der Waals surface area contributed by atoms with Crippen molar-refractivity contribution in [3.8, 4) is 0 Å². The summed E-state index contributed by atoms with van der Waals surface area (Å²) >= 11 is 0. The van der Waals surface area contributed by atoms with Crippen molar-refractivity contribution in [2.75, 3.05) is 7.11 Å². The third-order valence-corrected chi connectivity index (χ3v) is 3.33. The van der Waals surface area contributed by atoms with Gasteiger partial charge in [-0.1, -0.05) is 42.5 Å². The molecule has 1 aliphatic rings. The summed E-state index contributed by atoms with van der Waals surface area (Å²) < 4.78 is 4.95. The van der Waals surface area contributed by atoms with Crippen LogP contribution in [0, 0.1) is 5.92 Å². The van der Waals surface area contributed by atoms with Gasteiger partial charge in [-0.2, -0.15) is 0 Å². The molecule has 0 aliphatic heterocycles. The molecule has 1 aromatic carbocycles. The standard InChI is InChI=1S/C15H18O2/c1-17-15(16)14(12-8-4-2-5-9-12)13-10-6-3-7-11-13/h2,4-6,8-10,13-14H,3,7,11H2,1H3/t13-,14+/m1/s1. The van der Waals surface area contributed by atoms with Gasteiger partial charge >= 0.3 is 5.97 Å². The molecule has 0 unspecified atom stereocenters. The molecule has 1 aliphatic carbocycles. The molecule has 2 atom stereocenters. The maximum Gasteiger partial charge on any atom is 0.313 e. The second-order valence-corrected chi connectivity index (χ2v) is 4.43. The van der Waals surface area contributed by atoms with Crippen molar-refractivity contribution in [1.82, 2.24) is 0 Å². The molecule has 0 heterocycles. The van der Waals surface area contributed by atoms with E-state index in [1.165, 1.54) is 7.11 Å². The zero-order valence-electron chi connectivity index (χ0n) is 10.1. The molecule has 0 bridgehead atoms. The van der Waals surface area contributed by atoms with Crippen LogP contribution in [-0.4, -0.2) is 13.1 Å². The lowest BCUT2D eigenvalue weighted by atomic mass is 9.80. The lowest BCUT2D eigenvalue weighted by molar-refractivity contribution is -0.143. The molecule has 0 spiro atoms. The number of benzene rings is 1. The Balaban J connectivity index is 2.28. The first-order chi connectivity index (χ1) is 8.33. The number of allylic oxidation sites excluding steroid dienone is 2. The summed E-state index contributed by atoms with van der Waals surface area (Å²) in [5, 5.41) is 0. The lowest BCUT2D eigenvalue weighted by Crippen LogP contribution is -2.23. The second-order valence-electron chi connectivity index (χ2n) is 4.43. The SMILES string of the molecule is COC(=O)[C@@H](c1ccccc1)[C@@H]1C=CCCC1. The van der Waals surface area contributed by atoms with Crippen molar-refractivity contribution >= 4 is 5.97 Å². The third kappa shape index (κ3) is 2.76. The third-order valence-electron chi connectivity index (χ3n) is 3.33. The summed E-state index contributed by atoms with van der Waals surface area (Å²) in [4.78, 5) is 12.0. The average Bonchev–Trinajstić information content (AvgIpc) is 2.41. The van der Waals surface area contributed by atoms with Gasteiger partial charge in [0.05, 0.1) is 13.0 Å². The number of methoxy groups -OCH3 is 1. The minimum Gasteiger partial charge on any atom is -0.469 e. The van der Waals surface area contributed by atoms with E-state index in [1.807, 2.05) is 30.3 Å². The summed E-state index contributed by atoms with van der Waals surface area (Å²) in [6, 6.07) is 9.91. The van der Waals surface area contributed by atoms with Gasteiger partial charge in [0.25, 0.3) is 0 Å². The molecule has 2 heteroatoms. The second kappa shape index (κ2) is 5.67. The Labute approximate surface area is 102 Å². The first-order valence-corrected chi connectivity index (χ1v) is 6.12. The molecule has 0 saturated carbocycles. The van der Waals surface area contributed by atoms with Crippen molar-refractivity contribution in [3.05, 3.63) is 48.0 Å². The minimum atomic E-state index is -0.155. The van der Waals surface area contributed by atoms with Crippen molar-refractivity contribution in [2.45, 2.75) is 25.2 Å². The molecular weight excluding hydrogens is 212 g/mol. The number of hydrogen-bond donors (Lipinski definition) is 0. The normalized spacial score (nSPS) is 20.9. The van der Waals surface area contributed by atoms with Gasteiger partial charge in [0, 0.05) is 0 Å². The Kier molecular flexibility index (Phi) is 3.97. The van der Waals surface area contributed by atoms with Gasteiger partial charge in [-0.3, -0.25) is 4.79 Å². The fourth-order valence-corrected chi connectivity index (χ4v) is 2.46. The van der Waals surface area contributed by atoms with Crippen LogP contribution < -0.4 is 0 Å². The van der Waals surface area contributed by atoms with E-state index in [2.05, 4.69) is 12.2 Å². The Morgan fingerprint density at radius 3 is 2.71 bits per heavy atom. The fraction of sp³-hybridized carbons (Fsp3) is 0.400. The van der Waals surface area contributed by atoms with Gasteiger partial charge in [0.1, 0.15) is 0 Å². The first-order valence-electron chi connectivity index (χ1n) is 6.12. The number of esters is 1. The average molecular weight is 230 g/mol. The highest BCUT2D eigenvalue weighted by Gasteiger charge is 2.29. The molecule has 2 rings (SSSR count). The van der Waals surface area contributed by atoms with Crippen molar-refractivity contribution in [2.24, 2.45) is 5.92 Å². The highest BCUT2D eigenvalue weighted by molar-refractivity contribution is 5.78. The molecule has 0 saturated heterocycles. The van der Waals surface area contributed by atoms with Gasteiger partial charge in [-0.15, -0.1) is 0 Å². The minimum absolute atomic E-state index is 0.132. The summed E-state index contributed by atoms with van der Waals surface area (Å²) in [5.41, 5.74) is 1.05. The number of carbonyl (C=O) groups excluding carboxylic acids is 1. The van der Waals surface area contributed by atoms with E-state index in [0.717, 1.165) is 24.8 Å². The zero-order chi connectivity index (χ0) is 12.1. The number of rotatable bonds is 3. The molecule has 17 heavy (non-hydrogen) atoms. The van der Waals surface area contributed by atoms with E-state index in [1.54, 1.807) is 0 Å². The Bertz CT molecular complexity index is 395. The van der Waals surface area contributed by atoms with E-state index >= 15 is 0 Å². The quantitative estimate of drug-likeness (QED) is 0.588. The Hall–Kier alpha value is -1.57. The van der Waals surface area contributed by atoms with E-state index < -0.39 is 0 Å². The van der Waals surface area contributed by atoms with Crippen LogP contribution >= 0.6 is 0 Å². The van der Waals surface area contributed by atoms with Gasteiger partial charge < -0.3 is 4.74 Å². The summed E-state index contributed by atoms with van der Waals surface area (Å²) in [5.74, 6) is -0.0101. The molecule has 0 aromatic heterocycles. The van der Waals surface area contributed by atoms with Gasteiger partial charge in [0.2, 0.25) is 0 Å². The van der Waals surface area contributed by atoms with Gasteiger partial charge in [0.15, 0.2) is 0 Å². The van der Waals surface area contributed by atoms with Gasteiger partial charge in [-0.05, 0) is 30.7 Å². The summed E-state index contributed by atoms with van der Waals surface area (Å²) in [6.45, 7) is 0. The molecule has 0 radical (unpaired) electrons. The number of hydrogen-bond acceptors (Lipinski definition) is 2. The molecule has 0 N–H and O–H groups in total. The van der Waals surface area contributed by atoms with Crippen LogP contribution in [-0.2, 0) is 9.53 Å². The van der Waals surface area contributed by atoms with Crippen molar-refractivity contribution in [3.63, 3.8) is 0 Å². The topological polar surface area (TPSA) is 26.3 Å². The van der Waals surface area contributed by atoms with Crippen molar-refractivity contribution < 1.29 is 9.53 Å². The number of ether oxygens (including phenoxy) is 1. The summed E-state index contributed by atoms with van der Waals surface area (Å²) in [6.07, 6.45) is 7.68. The molecule has 0 amide bonds. The molecule has 0 fully saturated rings. The molecule has 2 nitrogen and oxygen atoms in total. The Morgan fingerprint density at radius 2 is 2.12 bits per heavy atom. The monoisotopic (exact) mass is 230 g/mol.